The number of ether oxygens (including phenoxy) is 3. The number of nitrogens with zero attached hydrogens (tertiary/aromatic N) is 1. The Labute approximate surface area is 170 Å². The standard InChI is InChI=1S/C22H37N3O3/c1-4-5-11-26-12-6-10-24-22(23-3)25-15-20-8-7-18(2)14-21(20)28-17-19-9-13-27-16-19/h7-8,14,19H,4-6,9-13,15-17H2,1-3H3,(H2,23,24,25). The van der Waals surface area contributed by atoms with E-state index in [1.807, 2.05) is 0 Å². The number of hydrogen-bond donors (Lipinski definition) is 2. The van der Waals surface area contributed by atoms with E-state index in [9.17, 15) is 0 Å². The maximum Gasteiger partial charge on any atom is 0.191 e. The second-order valence-electron chi connectivity index (χ2n) is 7.32. The van der Waals surface area contributed by atoms with Crippen molar-refractivity contribution in [3.8, 4) is 5.75 Å². The van der Waals surface area contributed by atoms with Crippen LogP contribution in [0.3, 0.4) is 0 Å². The molecule has 1 fully saturated rings. The molecule has 1 heterocycles. The van der Waals surface area contributed by atoms with Gasteiger partial charge in [0, 0.05) is 51.4 Å². The van der Waals surface area contributed by atoms with Crippen molar-refractivity contribution in [2.45, 2.75) is 46.1 Å². The lowest BCUT2D eigenvalue weighted by atomic mass is 10.1. The van der Waals surface area contributed by atoms with Crippen LogP contribution in [0.5, 0.6) is 5.75 Å². The summed E-state index contributed by atoms with van der Waals surface area (Å²) in [6.45, 7) is 9.77. The van der Waals surface area contributed by atoms with E-state index in [-0.39, 0.29) is 0 Å². The molecule has 1 aromatic rings. The van der Waals surface area contributed by atoms with Crippen molar-refractivity contribution in [1.82, 2.24) is 10.6 Å². The summed E-state index contributed by atoms with van der Waals surface area (Å²) in [6.07, 6.45) is 4.35. The molecule has 1 aliphatic heterocycles. The van der Waals surface area contributed by atoms with Crippen molar-refractivity contribution in [3.63, 3.8) is 0 Å². The summed E-state index contributed by atoms with van der Waals surface area (Å²) >= 11 is 0. The Bertz CT molecular complexity index is 586. The predicted molar refractivity (Wildman–Crippen MR) is 114 cm³/mol. The molecule has 2 N–H and O–H groups in total. The molecule has 1 aliphatic rings. The first kappa shape index (κ1) is 22.5. The fourth-order valence-corrected chi connectivity index (χ4v) is 2.99. The number of aliphatic imine (C=N–C) groups is 1. The predicted octanol–water partition coefficient (Wildman–Crippen LogP) is 3.28. The van der Waals surface area contributed by atoms with Gasteiger partial charge < -0.3 is 24.8 Å². The van der Waals surface area contributed by atoms with Crippen molar-refractivity contribution in [3.05, 3.63) is 29.3 Å². The van der Waals surface area contributed by atoms with Crippen molar-refractivity contribution in [2.24, 2.45) is 10.9 Å². The lowest BCUT2D eigenvalue weighted by molar-refractivity contribution is 0.129. The fourth-order valence-electron chi connectivity index (χ4n) is 2.99. The van der Waals surface area contributed by atoms with Gasteiger partial charge in [0.1, 0.15) is 5.75 Å². The van der Waals surface area contributed by atoms with Crippen LogP contribution in [0.4, 0.5) is 0 Å². The first-order valence-corrected chi connectivity index (χ1v) is 10.5. The summed E-state index contributed by atoms with van der Waals surface area (Å²) in [6, 6.07) is 6.35. The number of guanidine groups is 1. The van der Waals surface area contributed by atoms with Crippen molar-refractivity contribution >= 4 is 5.96 Å². The van der Waals surface area contributed by atoms with Crippen LogP contribution in [-0.4, -0.2) is 52.6 Å². The van der Waals surface area contributed by atoms with Crippen LogP contribution < -0.4 is 15.4 Å². The number of aryl methyl sites for hydroxylation is 1. The molecule has 1 atom stereocenters. The summed E-state index contributed by atoms with van der Waals surface area (Å²) < 4.78 is 17.1. The molecule has 2 rings (SSSR count). The van der Waals surface area contributed by atoms with Crippen LogP contribution in [0.15, 0.2) is 23.2 Å². The van der Waals surface area contributed by atoms with Crippen LogP contribution in [0.2, 0.25) is 0 Å². The summed E-state index contributed by atoms with van der Waals surface area (Å²) in [5.41, 5.74) is 2.34. The van der Waals surface area contributed by atoms with Crippen LogP contribution in [0, 0.1) is 12.8 Å². The van der Waals surface area contributed by atoms with E-state index in [1.54, 1.807) is 7.05 Å². The highest BCUT2D eigenvalue weighted by Gasteiger charge is 2.17. The Morgan fingerprint density at radius 3 is 2.86 bits per heavy atom. The third-order valence-corrected chi connectivity index (χ3v) is 4.79. The Kier molecular flexibility index (Phi) is 10.8. The van der Waals surface area contributed by atoms with Gasteiger partial charge in [-0.3, -0.25) is 4.99 Å². The number of unbranched alkanes of at least 4 members (excludes halogenated alkanes) is 1. The zero-order valence-corrected chi connectivity index (χ0v) is 17.8. The number of nitrogens with one attached hydrogen (secondary N) is 2. The van der Waals surface area contributed by atoms with Crippen LogP contribution in [0.1, 0.15) is 43.7 Å². The van der Waals surface area contributed by atoms with E-state index in [2.05, 4.69) is 47.7 Å². The van der Waals surface area contributed by atoms with Gasteiger partial charge in [0.25, 0.3) is 0 Å². The molecule has 6 heteroatoms. The van der Waals surface area contributed by atoms with Crippen LogP contribution in [-0.2, 0) is 16.0 Å². The maximum atomic E-state index is 6.12. The van der Waals surface area contributed by atoms with E-state index >= 15 is 0 Å². The van der Waals surface area contributed by atoms with Gasteiger partial charge in [-0.2, -0.15) is 0 Å². The first-order chi connectivity index (χ1) is 13.7. The number of hydrogen-bond acceptors (Lipinski definition) is 4. The normalized spacial score (nSPS) is 17.0. The summed E-state index contributed by atoms with van der Waals surface area (Å²) in [7, 11) is 1.79. The summed E-state index contributed by atoms with van der Waals surface area (Å²) in [5, 5.41) is 6.72. The van der Waals surface area contributed by atoms with Gasteiger partial charge in [0.15, 0.2) is 5.96 Å². The van der Waals surface area contributed by atoms with Gasteiger partial charge in [-0.1, -0.05) is 25.5 Å². The molecule has 1 aromatic carbocycles. The minimum atomic E-state index is 0.496. The van der Waals surface area contributed by atoms with Gasteiger partial charge in [0.2, 0.25) is 0 Å². The smallest absolute Gasteiger partial charge is 0.191 e. The van der Waals surface area contributed by atoms with Gasteiger partial charge in [0.05, 0.1) is 13.2 Å². The molecule has 0 aromatic heterocycles. The molecular formula is C22H37N3O3. The molecule has 158 valence electrons. The molecule has 0 bridgehead atoms. The Morgan fingerprint density at radius 1 is 1.25 bits per heavy atom. The first-order valence-electron chi connectivity index (χ1n) is 10.5. The molecule has 0 saturated carbocycles. The SMILES string of the molecule is CCCCOCCCNC(=NC)NCc1ccc(C)cc1OCC1CCOC1. The molecule has 0 aliphatic carbocycles. The van der Waals surface area contributed by atoms with Gasteiger partial charge >= 0.3 is 0 Å². The molecule has 0 amide bonds. The maximum absolute atomic E-state index is 6.12. The highest BCUT2D eigenvalue weighted by atomic mass is 16.5. The zero-order valence-electron chi connectivity index (χ0n) is 17.8. The molecule has 28 heavy (non-hydrogen) atoms. The van der Waals surface area contributed by atoms with Crippen LogP contribution in [0.25, 0.3) is 0 Å². The highest BCUT2D eigenvalue weighted by molar-refractivity contribution is 5.79. The topological polar surface area (TPSA) is 64.1 Å². The third-order valence-electron chi connectivity index (χ3n) is 4.79. The summed E-state index contributed by atoms with van der Waals surface area (Å²) in [5.74, 6) is 2.23. The van der Waals surface area contributed by atoms with E-state index < -0.39 is 0 Å². The van der Waals surface area contributed by atoms with E-state index in [0.29, 0.717) is 19.1 Å². The number of rotatable bonds is 12. The lowest BCUT2D eigenvalue weighted by Gasteiger charge is -2.17. The van der Waals surface area contributed by atoms with Gasteiger partial charge in [-0.05, 0) is 37.8 Å². The Morgan fingerprint density at radius 2 is 2.11 bits per heavy atom. The third kappa shape index (κ3) is 8.48. The largest absolute Gasteiger partial charge is 0.493 e. The molecule has 1 saturated heterocycles. The summed E-state index contributed by atoms with van der Waals surface area (Å²) in [4.78, 5) is 4.30. The Hall–Kier alpha value is -1.79. The number of benzene rings is 1. The lowest BCUT2D eigenvalue weighted by Crippen LogP contribution is -2.37. The van der Waals surface area contributed by atoms with E-state index in [0.717, 1.165) is 69.5 Å². The minimum absolute atomic E-state index is 0.496. The molecule has 1 unspecified atom stereocenters. The van der Waals surface area contributed by atoms with Crippen molar-refractivity contribution in [2.75, 3.05) is 46.6 Å². The molecule has 0 spiro atoms. The van der Waals surface area contributed by atoms with E-state index in [4.69, 9.17) is 14.2 Å². The van der Waals surface area contributed by atoms with Crippen LogP contribution >= 0.6 is 0 Å². The zero-order chi connectivity index (χ0) is 20.0. The van der Waals surface area contributed by atoms with Crippen molar-refractivity contribution in [1.29, 1.82) is 0 Å². The molecular weight excluding hydrogens is 354 g/mol. The van der Waals surface area contributed by atoms with Crippen molar-refractivity contribution < 1.29 is 14.2 Å². The quantitative estimate of drug-likeness (QED) is 0.325. The average molecular weight is 392 g/mol. The average Bonchev–Trinajstić information content (AvgIpc) is 3.22. The second-order valence-corrected chi connectivity index (χ2v) is 7.32. The minimum Gasteiger partial charge on any atom is -0.493 e. The molecule has 6 nitrogen and oxygen atoms in total. The fraction of sp³-hybridized carbons (Fsp3) is 0.682. The van der Waals surface area contributed by atoms with E-state index in [1.165, 1.54) is 12.0 Å². The van der Waals surface area contributed by atoms with Gasteiger partial charge in [-0.25, -0.2) is 0 Å². The van der Waals surface area contributed by atoms with Gasteiger partial charge in [-0.15, -0.1) is 0 Å². The Balaban J connectivity index is 1.74. The molecule has 0 radical (unpaired) electrons. The highest BCUT2D eigenvalue weighted by Crippen LogP contribution is 2.22. The monoisotopic (exact) mass is 391 g/mol. The second kappa shape index (κ2) is 13.4.